The van der Waals surface area contributed by atoms with E-state index in [1.54, 1.807) is 0 Å². The number of nitrogens with two attached hydrogens (primary N) is 1. The number of aromatic nitrogens is 3. The lowest BCUT2D eigenvalue weighted by Crippen LogP contribution is -2.30. The molecule has 3 rings (SSSR count). The Morgan fingerprint density at radius 3 is 2.07 bits per heavy atom. The van der Waals surface area contributed by atoms with Crippen molar-refractivity contribution in [2.24, 2.45) is 15.7 Å². The molecular weight excluding hydrogens is 404 g/mol. The van der Waals surface area contributed by atoms with E-state index >= 15 is 0 Å². The minimum absolute atomic E-state index is 0.0972. The molecule has 0 fully saturated rings. The summed E-state index contributed by atoms with van der Waals surface area (Å²) in [7, 11) is -7.16. The van der Waals surface area contributed by atoms with Crippen LogP contribution in [0.2, 0.25) is 0 Å². The van der Waals surface area contributed by atoms with Crippen LogP contribution in [-0.2, 0) is 20.7 Å². The van der Waals surface area contributed by atoms with Crippen LogP contribution in [0.5, 0.6) is 0 Å². The van der Waals surface area contributed by atoms with E-state index in [2.05, 4.69) is 25.4 Å². The fraction of sp³-hybridized carbons (Fsp3) is 0.167. The molecule has 0 saturated heterocycles. The van der Waals surface area contributed by atoms with Crippen LogP contribution >= 0.6 is 0 Å². The Balaban J connectivity index is 0.000000342. The summed E-state index contributed by atoms with van der Waals surface area (Å²) in [5, 5.41) is 18.9. The zero-order chi connectivity index (χ0) is 20.4. The van der Waals surface area contributed by atoms with Crippen LogP contribution in [0, 0.1) is 0 Å². The summed E-state index contributed by atoms with van der Waals surface area (Å²) in [5.74, 6) is 0. The standard InChI is InChI=1S/C10H5N5O2S.C2H7NO.H2O4S/c16-18(17)10-11-8-7(6-4-2-1-3-5-6)13-15-14-9(8)12-10;3-1-2-4;1-5(2,3)4/h1-5H;4H,1-3H2;(H2,1,2,3,4). The van der Waals surface area contributed by atoms with Gasteiger partial charge in [0.25, 0.3) is 15.4 Å². The average molecular weight is 418 g/mol. The highest BCUT2D eigenvalue weighted by atomic mass is 32.3. The quantitative estimate of drug-likeness (QED) is 0.285. The molecule has 0 amide bonds. The molecule has 0 unspecified atom stereocenters. The number of aliphatic hydroxyl groups excluding tert-OH is 1. The summed E-state index contributed by atoms with van der Waals surface area (Å²) in [6.07, 6.45) is 0. The predicted molar refractivity (Wildman–Crippen MR) is 91.8 cm³/mol. The highest BCUT2D eigenvalue weighted by Crippen LogP contribution is 2.10. The maximum Gasteiger partial charge on any atom is 0.394 e. The van der Waals surface area contributed by atoms with Crippen molar-refractivity contribution in [1.29, 1.82) is 0 Å². The molecule has 1 aromatic heterocycles. The minimum Gasteiger partial charge on any atom is -0.395 e. The molecule has 0 spiro atoms. The molecule has 1 aliphatic rings. The molecule has 0 aliphatic carbocycles. The fourth-order valence-corrected chi connectivity index (χ4v) is 1.89. The third-order valence-corrected chi connectivity index (χ3v) is 2.94. The molecule has 13 nitrogen and oxygen atoms in total. The molecule has 15 heteroatoms. The Morgan fingerprint density at radius 2 is 1.59 bits per heavy atom. The van der Waals surface area contributed by atoms with Gasteiger partial charge in [0.05, 0.1) is 6.61 Å². The first kappa shape index (κ1) is 22.4. The Morgan fingerprint density at radius 1 is 1.04 bits per heavy atom. The van der Waals surface area contributed by atoms with Crippen molar-refractivity contribution in [2.45, 2.75) is 0 Å². The monoisotopic (exact) mass is 418 g/mol. The smallest absolute Gasteiger partial charge is 0.394 e. The summed E-state index contributed by atoms with van der Waals surface area (Å²) in [4.78, 5) is 7.66. The van der Waals surface area contributed by atoms with Gasteiger partial charge in [0.15, 0.2) is 0 Å². The van der Waals surface area contributed by atoms with Crippen molar-refractivity contribution in [3.63, 3.8) is 0 Å². The van der Waals surface area contributed by atoms with Gasteiger partial charge in [-0.05, 0) is 5.21 Å². The number of hydrogen-bond acceptors (Lipinski definition) is 9. The molecule has 27 heavy (non-hydrogen) atoms. The van der Waals surface area contributed by atoms with Crippen molar-refractivity contribution in [1.82, 2.24) is 15.4 Å². The van der Waals surface area contributed by atoms with Crippen LogP contribution < -0.4 is 16.6 Å². The lowest BCUT2D eigenvalue weighted by Gasteiger charge is -1.96. The van der Waals surface area contributed by atoms with Gasteiger partial charge >= 0.3 is 10.4 Å². The lowest BCUT2D eigenvalue weighted by molar-refractivity contribution is 0.306. The number of aliphatic hydroxyl groups is 1. The first-order valence-corrected chi connectivity index (χ1v) is 9.33. The van der Waals surface area contributed by atoms with Gasteiger partial charge in [0.2, 0.25) is 5.49 Å². The van der Waals surface area contributed by atoms with E-state index in [0.29, 0.717) is 17.6 Å². The third kappa shape index (κ3) is 8.03. The van der Waals surface area contributed by atoms with Gasteiger partial charge in [-0.25, -0.2) is 4.99 Å². The van der Waals surface area contributed by atoms with E-state index in [1.165, 1.54) is 0 Å². The topological polar surface area (TPSA) is 218 Å². The summed E-state index contributed by atoms with van der Waals surface area (Å²) in [5.41, 5.74) is 6.19. The summed E-state index contributed by atoms with van der Waals surface area (Å²) < 4.78 is 53.2. The fourth-order valence-electron chi connectivity index (χ4n) is 1.56. The van der Waals surface area contributed by atoms with Crippen LogP contribution in [0.1, 0.15) is 0 Å². The van der Waals surface area contributed by atoms with Crippen LogP contribution in [0.15, 0.2) is 40.3 Å². The second-order valence-corrected chi connectivity index (χ2v) is 6.11. The van der Waals surface area contributed by atoms with Gasteiger partial charge in [-0.15, -0.1) is 10.2 Å². The molecule has 0 saturated carbocycles. The maximum atomic E-state index is 10.8. The van der Waals surface area contributed by atoms with E-state index < -0.39 is 20.7 Å². The summed E-state index contributed by atoms with van der Waals surface area (Å²) >= 11 is 0. The highest BCUT2D eigenvalue weighted by Gasteiger charge is 2.13. The zero-order valence-corrected chi connectivity index (χ0v) is 15.0. The molecule has 5 N–H and O–H groups in total. The molecule has 0 radical (unpaired) electrons. The first-order chi connectivity index (χ1) is 12.7. The number of fused-ring (bicyclic) bond motifs is 1. The van der Waals surface area contributed by atoms with Crippen molar-refractivity contribution in [3.05, 3.63) is 41.2 Å². The van der Waals surface area contributed by atoms with Crippen molar-refractivity contribution in [3.8, 4) is 11.3 Å². The summed E-state index contributed by atoms with van der Waals surface area (Å²) in [6.45, 7) is 0.472. The Bertz CT molecular complexity index is 1120. The predicted octanol–water partition coefficient (Wildman–Crippen LogP) is -2.96. The molecule has 1 aliphatic heterocycles. The lowest BCUT2D eigenvalue weighted by atomic mass is 10.1. The van der Waals surface area contributed by atoms with Crippen LogP contribution in [0.3, 0.4) is 0 Å². The minimum atomic E-state index is -4.67. The Labute approximate surface area is 154 Å². The first-order valence-electron chi connectivity index (χ1n) is 6.86. The van der Waals surface area contributed by atoms with E-state index in [4.69, 9.17) is 28.4 Å². The van der Waals surface area contributed by atoms with Gasteiger partial charge < -0.3 is 10.8 Å². The van der Waals surface area contributed by atoms with Gasteiger partial charge in [0, 0.05) is 12.1 Å². The highest BCUT2D eigenvalue weighted by molar-refractivity contribution is 7.79. The van der Waals surface area contributed by atoms with Crippen LogP contribution in [-0.4, -0.2) is 64.7 Å². The number of hydrogen-bond donors (Lipinski definition) is 4. The van der Waals surface area contributed by atoms with E-state index in [9.17, 15) is 8.42 Å². The second-order valence-electron chi connectivity index (χ2n) is 4.38. The molecule has 2 aromatic rings. The van der Waals surface area contributed by atoms with Crippen molar-refractivity contribution in [2.75, 3.05) is 13.2 Å². The SMILES string of the molecule is NCCO.O=S(=O)(O)O.O=S(=O)=C1N=c2nnnc(-c3ccccc3)c2=N1. The Hall–Kier alpha value is -2.69. The molecule has 0 bridgehead atoms. The average Bonchev–Trinajstić information content (AvgIpc) is 3.06. The van der Waals surface area contributed by atoms with Crippen molar-refractivity contribution < 1.29 is 31.0 Å². The zero-order valence-electron chi connectivity index (χ0n) is 13.4. The van der Waals surface area contributed by atoms with Crippen LogP contribution in [0.4, 0.5) is 0 Å². The largest absolute Gasteiger partial charge is 0.395 e. The summed E-state index contributed by atoms with van der Waals surface area (Å²) in [6, 6.07) is 9.20. The van der Waals surface area contributed by atoms with Crippen LogP contribution in [0.25, 0.3) is 11.3 Å². The van der Waals surface area contributed by atoms with Crippen molar-refractivity contribution >= 4 is 25.8 Å². The number of benzene rings is 1. The Kier molecular flexibility index (Phi) is 8.66. The maximum absolute atomic E-state index is 10.8. The molecule has 2 heterocycles. The molecule has 146 valence electrons. The number of nitrogens with zero attached hydrogens (tertiary/aromatic N) is 5. The molecule has 0 atom stereocenters. The van der Waals surface area contributed by atoms with Gasteiger partial charge in [-0.3, -0.25) is 9.11 Å². The van der Waals surface area contributed by atoms with Gasteiger partial charge in [-0.2, -0.15) is 21.8 Å². The van der Waals surface area contributed by atoms with E-state index in [-0.39, 0.29) is 17.2 Å². The van der Waals surface area contributed by atoms with Gasteiger partial charge in [-0.1, -0.05) is 30.3 Å². The molecule has 1 aromatic carbocycles. The number of rotatable bonds is 2. The normalized spacial score (nSPS) is 11.6. The second kappa shape index (κ2) is 10.5. The van der Waals surface area contributed by atoms with E-state index in [0.717, 1.165) is 5.56 Å². The van der Waals surface area contributed by atoms with E-state index in [1.807, 2.05) is 30.3 Å². The molecular formula is C12H14N6O7S2. The van der Waals surface area contributed by atoms with Gasteiger partial charge in [0.1, 0.15) is 11.1 Å². The third-order valence-electron chi connectivity index (χ3n) is 2.45.